The fourth-order valence-corrected chi connectivity index (χ4v) is 1.44. The van der Waals surface area contributed by atoms with Crippen LogP contribution >= 0.6 is 0 Å². The normalized spacial score (nSPS) is 13.1. The lowest BCUT2D eigenvalue weighted by molar-refractivity contribution is -0.137. The molecule has 18 heavy (non-hydrogen) atoms. The molecule has 100 valence electrons. The molecule has 0 radical (unpaired) electrons. The molecule has 0 aliphatic carbocycles. The van der Waals surface area contributed by atoms with Crippen molar-refractivity contribution >= 4 is 17.5 Å². The van der Waals surface area contributed by atoms with Crippen molar-refractivity contribution < 1.29 is 9.90 Å². The zero-order valence-corrected chi connectivity index (χ0v) is 10.7. The van der Waals surface area contributed by atoms with E-state index in [1.807, 2.05) is 20.8 Å². The SMILES string of the molecule is CC(C)(C)C(CC(=O)O)Nc1nc[nH]c(=O)c1N. The van der Waals surface area contributed by atoms with E-state index in [-0.39, 0.29) is 29.4 Å². The summed E-state index contributed by atoms with van der Waals surface area (Å²) in [5.41, 5.74) is 4.79. The molecule has 1 heterocycles. The number of carboxylic acid groups (broad SMARTS) is 1. The van der Waals surface area contributed by atoms with Crippen LogP contribution in [0.5, 0.6) is 0 Å². The lowest BCUT2D eigenvalue weighted by atomic mass is 9.85. The number of nitrogens with one attached hydrogen (secondary N) is 2. The van der Waals surface area contributed by atoms with Crippen molar-refractivity contribution in [3.05, 3.63) is 16.7 Å². The second-order valence-corrected chi connectivity index (χ2v) is 5.15. The van der Waals surface area contributed by atoms with E-state index < -0.39 is 11.5 Å². The van der Waals surface area contributed by atoms with Crippen LogP contribution in [-0.4, -0.2) is 27.1 Å². The summed E-state index contributed by atoms with van der Waals surface area (Å²) in [4.78, 5) is 28.4. The third-order valence-electron chi connectivity index (χ3n) is 2.62. The lowest BCUT2D eigenvalue weighted by Crippen LogP contribution is -2.37. The van der Waals surface area contributed by atoms with Gasteiger partial charge < -0.3 is 21.1 Å². The van der Waals surface area contributed by atoms with Gasteiger partial charge in [0.1, 0.15) is 5.69 Å². The molecule has 0 aliphatic heterocycles. The topological polar surface area (TPSA) is 121 Å². The molecule has 1 aromatic heterocycles. The summed E-state index contributed by atoms with van der Waals surface area (Å²) < 4.78 is 0. The van der Waals surface area contributed by atoms with Crippen molar-refractivity contribution in [3.63, 3.8) is 0 Å². The second kappa shape index (κ2) is 5.07. The number of aliphatic carboxylic acids is 1. The van der Waals surface area contributed by atoms with Crippen LogP contribution in [0, 0.1) is 5.41 Å². The Balaban J connectivity index is 3.00. The maximum atomic E-state index is 11.3. The minimum Gasteiger partial charge on any atom is -0.481 e. The Labute approximate surface area is 104 Å². The van der Waals surface area contributed by atoms with Gasteiger partial charge in [-0.15, -0.1) is 0 Å². The van der Waals surface area contributed by atoms with Crippen LogP contribution in [0.2, 0.25) is 0 Å². The van der Waals surface area contributed by atoms with Gasteiger partial charge in [-0.2, -0.15) is 0 Å². The van der Waals surface area contributed by atoms with Crippen LogP contribution in [-0.2, 0) is 4.79 Å². The molecule has 0 saturated carbocycles. The van der Waals surface area contributed by atoms with Gasteiger partial charge in [0, 0.05) is 6.04 Å². The Morgan fingerprint density at radius 1 is 1.61 bits per heavy atom. The Morgan fingerprint density at radius 2 is 2.22 bits per heavy atom. The van der Waals surface area contributed by atoms with Crippen LogP contribution in [0.1, 0.15) is 27.2 Å². The first-order valence-corrected chi connectivity index (χ1v) is 5.53. The number of nitrogens with two attached hydrogens (primary N) is 1. The molecule has 0 spiro atoms. The molecule has 0 amide bonds. The van der Waals surface area contributed by atoms with Gasteiger partial charge >= 0.3 is 5.97 Å². The van der Waals surface area contributed by atoms with Gasteiger partial charge in [0.15, 0.2) is 5.82 Å². The lowest BCUT2D eigenvalue weighted by Gasteiger charge is -2.30. The molecule has 0 fully saturated rings. The summed E-state index contributed by atoms with van der Waals surface area (Å²) in [7, 11) is 0. The number of hydrogen-bond donors (Lipinski definition) is 4. The molecule has 1 rings (SSSR count). The fourth-order valence-electron chi connectivity index (χ4n) is 1.44. The quantitative estimate of drug-likeness (QED) is 0.626. The number of anilines is 2. The van der Waals surface area contributed by atoms with Gasteiger partial charge in [-0.05, 0) is 5.41 Å². The van der Waals surface area contributed by atoms with Crippen molar-refractivity contribution in [3.8, 4) is 0 Å². The van der Waals surface area contributed by atoms with Crippen LogP contribution in [0.3, 0.4) is 0 Å². The predicted molar refractivity (Wildman–Crippen MR) is 68.4 cm³/mol. The molecule has 0 aromatic carbocycles. The van der Waals surface area contributed by atoms with E-state index in [0.29, 0.717) is 0 Å². The molecule has 0 saturated heterocycles. The standard InChI is InChI=1S/C11H18N4O3/c1-11(2,3)6(4-7(16)17)15-9-8(12)10(18)14-5-13-9/h5-6H,4,12H2,1-3H3,(H,16,17)(H2,13,14,15,18). The van der Waals surface area contributed by atoms with E-state index in [4.69, 9.17) is 10.8 Å². The molecular formula is C11H18N4O3. The minimum absolute atomic E-state index is 0.0443. The molecule has 1 atom stereocenters. The number of nitrogen functional groups attached to an aromatic ring is 1. The first kappa shape index (κ1) is 14.0. The van der Waals surface area contributed by atoms with Gasteiger partial charge in [0.2, 0.25) is 0 Å². The van der Waals surface area contributed by atoms with Gasteiger partial charge in [-0.25, -0.2) is 4.98 Å². The van der Waals surface area contributed by atoms with Gasteiger partial charge in [0.05, 0.1) is 12.7 Å². The number of rotatable bonds is 4. The number of carboxylic acids is 1. The summed E-state index contributed by atoms with van der Waals surface area (Å²) in [5, 5.41) is 11.8. The Bertz CT molecular complexity index is 490. The number of H-pyrrole nitrogens is 1. The van der Waals surface area contributed by atoms with Crippen molar-refractivity contribution in [1.29, 1.82) is 0 Å². The van der Waals surface area contributed by atoms with E-state index >= 15 is 0 Å². The highest BCUT2D eigenvalue weighted by atomic mass is 16.4. The molecule has 5 N–H and O–H groups in total. The van der Waals surface area contributed by atoms with E-state index in [0.717, 1.165) is 0 Å². The molecule has 0 bridgehead atoms. The Morgan fingerprint density at radius 3 is 2.72 bits per heavy atom. The van der Waals surface area contributed by atoms with Crippen molar-refractivity contribution in [2.75, 3.05) is 11.1 Å². The average Bonchev–Trinajstić information content (AvgIpc) is 2.21. The highest BCUT2D eigenvalue weighted by molar-refractivity contribution is 5.69. The average molecular weight is 254 g/mol. The minimum atomic E-state index is -0.925. The summed E-state index contributed by atoms with van der Waals surface area (Å²) in [5.74, 6) is -0.717. The van der Waals surface area contributed by atoms with Crippen LogP contribution in [0.15, 0.2) is 11.1 Å². The van der Waals surface area contributed by atoms with Gasteiger partial charge in [0.25, 0.3) is 5.56 Å². The zero-order chi connectivity index (χ0) is 13.9. The van der Waals surface area contributed by atoms with Crippen LogP contribution in [0.4, 0.5) is 11.5 Å². The van der Waals surface area contributed by atoms with Crippen molar-refractivity contribution in [1.82, 2.24) is 9.97 Å². The highest BCUT2D eigenvalue weighted by Crippen LogP contribution is 2.25. The third-order valence-corrected chi connectivity index (χ3v) is 2.62. The smallest absolute Gasteiger partial charge is 0.305 e. The van der Waals surface area contributed by atoms with Crippen molar-refractivity contribution in [2.45, 2.75) is 33.2 Å². The molecule has 7 nitrogen and oxygen atoms in total. The number of hydrogen-bond acceptors (Lipinski definition) is 5. The zero-order valence-electron chi connectivity index (χ0n) is 10.7. The number of carbonyl (C=O) groups is 1. The van der Waals surface area contributed by atoms with Crippen molar-refractivity contribution in [2.24, 2.45) is 5.41 Å². The summed E-state index contributed by atoms with van der Waals surface area (Å²) >= 11 is 0. The maximum absolute atomic E-state index is 11.3. The molecule has 0 aliphatic rings. The first-order valence-electron chi connectivity index (χ1n) is 5.53. The van der Waals surface area contributed by atoms with Gasteiger partial charge in [-0.3, -0.25) is 9.59 Å². The van der Waals surface area contributed by atoms with E-state index in [9.17, 15) is 9.59 Å². The van der Waals surface area contributed by atoms with Crippen LogP contribution in [0.25, 0.3) is 0 Å². The largest absolute Gasteiger partial charge is 0.481 e. The molecule has 1 aromatic rings. The third kappa shape index (κ3) is 3.47. The molecule has 7 heteroatoms. The summed E-state index contributed by atoms with van der Waals surface area (Å²) in [6.07, 6.45) is 1.14. The summed E-state index contributed by atoms with van der Waals surface area (Å²) in [6, 6.07) is -0.383. The number of nitrogens with zero attached hydrogens (tertiary/aromatic N) is 1. The maximum Gasteiger partial charge on any atom is 0.305 e. The van der Waals surface area contributed by atoms with Gasteiger partial charge in [-0.1, -0.05) is 20.8 Å². The molecule has 1 unspecified atom stereocenters. The first-order chi connectivity index (χ1) is 8.21. The highest BCUT2D eigenvalue weighted by Gasteiger charge is 2.27. The van der Waals surface area contributed by atoms with E-state index in [2.05, 4.69) is 15.3 Å². The predicted octanol–water partition coefficient (Wildman–Crippen LogP) is 0.653. The molecular weight excluding hydrogens is 236 g/mol. The summed E-state index contributed by atoms with van der Waals surface area (Å²) in [6.45, 7) is 5.70. The number of aromatic amines is 1. The Kier molecular flexibility index (Phi) is 3.95. The Hall–Kier alpha value is -2.05. The van der Waals surface area contributed by atoms with E-state index in [1.165, 1.54) is 6.33 Å². The van der Waals surface area contributed by atoms with Crippen LogP contribution < -0.4 is 16.6 Å². The fraction of sp³-hybridized carbons (Fsp3) is 0.545. The monoisotopic (exact) mass is 254 g/mol. The number of aromatic nitrogens is 2. The van der Waals surface area contributed by atoms with E-state index in [1.54, 1.807) is 0 Å². The second-order valence-electron chi connectivity index (χ2n) is 5.15.